The fraction of sp³-hybridized carbons (Fsp3) is 0.395. The molecule has 9 nitrogen and oxygen atoms in total. The summed E-state index contributed by atoms with van der Waals surface area (Å²) in [6.07, 6.45) is 4.99. The molecule has 2 heterocycles. The van der Waals surface area contributed by atoms with Gasteiger partial charge in [0.2, 0.25) is 0 Å². The summed E-state index contributed by atoms with van der Waals surface area (Å²) >= 11 is 1.65. The van der Waals surface area contributed by atoms with Gasteiger partial charge in [0, 0.05) is 30.5 Å². The first kappa shape index (κ1) is 41.4. The predicted molar refractivity (Wildman–Crippen MR) is 215 cm³/mol. The van der Waals surface area contributed by atoms with E-state index in [4.69, 9.17) is 20.4 Å². The molecule has 4 aromatic rings. The summed E-state index contributed by atoms with van der Waals surface area (Å²) in [4.78, 5) is 28.1. The summed E-state index contributed by atoms with van der Waals surface area (Å²) in [5, 5.41) is 30.5. The molecule has 1 amide bonds. The van der Waals surface area contributed by atoms with Crippen LogP contribution in [-0.4, -0.2) is 69.6 Å². The second-order valence-corrected chi connectivity index (χ2v) is 15.6. The molecular weight excluding hydrogens is 689 g/mol. The lowest BCUT2D eigenvalue weighted by atomic mass is 9.80. The maximum Gasteiger partial charge on any atom is 0.307 e. The molecule has 0 saturated carbocycles. The van der Waals surface area contributed by atoms with Crippen LogP contribution in [-0.2, 0) is 24.2 Å². The minimum Gasteiger partial charge on any atom is -0.497 e. The second kappa shape index (κ2) is 18.1. The van der Waals surface area contributed by atoms with Gasteiger partial charge in [0.15, 0.2) is 0 Å². The number of carbonyl (C=O) groups excluding carboxylic acids is 1. The molecule has 0 unspecified atom stereocenters. The number of hydrogen-bond acceptors (Lipinski definition) is 8. The molecule has 1 saturated heterocycles. The Hall–Kier alpha value is -4.35. The number of nitrogens with zero attached hydrogens (tertiary/aromatic N) is 2. The lowest BCUT2D eigenvalue weighted by molar-refractivity contribution is -0.176. The van der Waals surface area contributed by atoms with Crippen LogP contribution >= 0.6 is 11.9 Å². The number of piperidine rings is 1. The van der Waals surface area contributed by atoms with Crippen molar-refractivity contribution in [3.63, 3.8) is 0 Å². The Bertz CT molecular complexity index is 1870. The van der Waals surface area contributed by atoms with Crippen LogP contribution in [0, 0.1) is 26.7 Å². The monoisotopic (exact) mass is 742 g/mol. The smallest absolute Gasteiger partial charge is 0.307 e. The van der Waals surface area contributed by atoms with Crippen molar-refractivity contribution in [2.45, 2.75) is 79.4 Å². The van der Waals surface area contributed by atoms with Gasteiger partial charge in [-0.15, -0.1) is 0 Å². The molecule has 0 spiro atoms. The quantitative estimate of drug-likeness (QED) is 0.0794. The number of fused-ring (bicyclic) bond motifs is 3. The molecule has 6 rings (SSSR count). The highest BCUT2D eigenvalue weighted by atomic mass is 32.2. The van der Waals surface area contributed by atoms with Gasteiger partial charge in [-0.1, -0.05) is 60.0 Å². The Morgan fingerprint density at radius 3 is 2.04 bits per heavy atom. The van der Waals surface area contributed by atoms with Crippen molar-refractivity contribution < 1.29 is 35.1 Å². The lowest BCUT2D eigenvalue weighted by Crippen LogP contribution is -2.39. The van der Waals surface area contributed by atoms with E-state index in [1.165, 1.54) is 11.1 Å². The Labute approximate surface area is 318 Å². The third kappa shape index (κ3) is 10.2. The number of aryl methyl sites for hydroxylation is 1. The zero-order chi connectivity index (χ0) is 39.0. The number of aliphatic hydroxyl groups is 1. The highest BCUT2D eigenvalue weighted by Crippen LogP contribution is 2.50. The average Bonchev–Trinajstić information content (AvgIpc) is 3.13. The molecule has 1 fully saturated rings. The van der Waals surface area contributed by atoms with Crippen LogP contribution in [0.1, 0.15) is 77.4 Å². The molecule has 0 radical (unpaired) electrons. The van der Waals surface area contributed by atoms with Crippen LogP contribution < -0.4 is 9.04 Å². The molecule has 2 aliphatic rings. The normalized spacial score (nSPS) is 13.9. The number of rotatable bonds is 8. The van der Waals surface area contributed by atoms with Gasteiger partial charge in [-0.2, -0.15) is 0 Å². The fourth-order valence-corrected chi connectivity index (χ4v) is 7.94. The molecule has 284 valence electrons. The van der Waals surface area contributed by atoms with Gasteiger partial charge in [0.05, 0.1) is 31.4 Å². The number of methoxy groups -OCH3 is 1. The van der Waals surface area contributed by atoms with Gasteiger partial charge in [-0.25, -0.2) is 0 Å². The third-order valence-corrected chi connectivity index (χ3v) is 10.5. The van der Waals surface area contributed by atoms with Crippen molar-refractivity contribution in [1.82, 2.24) is 4.90 Å². The lowest BCUT2D eigenvalue weighted by Gasteiger charge is -2.36. The van der Waals surface area contributed by atoms with Crippen LogP contribution in [0.5, 0.6) is 5.75 Å². The number of benzene rings is 4. The molecule has 0 aliphatic carbocycles. The molecular formula is C43H54N2O7S. The predicted octanol–water partition coefficient (Wildman–Crippen LogP) is 9.07. The second-order valence-electron chi connectivity index (χ2n) is 14.8. The minimum absolute atomic E-state index is 0.0504. The molecule has 0 bridgehead atoms. The van der Waals surface area contributed by atoms with Crippen LogP contribution in [0.15, 0.2) is 66.7 Å². The van der Waals surface area contributed by atoms with E-state index in [0.717, 1.165) is 88.3 Å². The van der Waals surface area contributed by atoms with E-state index in [1.54, 1.807) is 39.8 Å². The first-order valence-electron chi connectivity index (χ1n) is 17.9. The number of ether oxygens (including phenoxy) is 1. The van der Waals surface area contributed by atoms with Crippen molar-refractivity contribution in [2.75, 3.05) is 30.8 Å². The van der Waals surface area contributed by atoms with Crippen molar-refractivity contribution in [3.8, 4) is 28.0 Å². The number of anilines is 1. The van der Waals surface area contributed by atoms with Gasteiger partial charge in [0.1, 0.15) is 5.75 Å². The molecule has 0 aromatic heterocycles. The van der Waals surface area contributed by atoms with Crippen LogP contribution in [0.2, 0.25) is 0 Å². The van der Waals surface area contributed by atoms with Crippen LogP contribution in [0.25, 0.3) is 22.3 Å². The number of amides is 1. The Morgan fingerprint density at radius 1 is 0.887 bits per heavy atom. The van der Waals surface area contributed by atoms with Crippen LogP contribution in [0.4, 0.5) is 5.69 Å². The van der Waals surface area contributed by atoms with E-state index in [9.17, 15) is 14.7 Å². The highest BCUT2D eigenvalue weighted by Gasteiger charge is 2.32. The Balaban J connectivity index is 0.000000828. The summed E-state index contributed by atoms with van der Waals surface area (Å²) in [5.41, 5.74) is 11.9. The number of likely N-dealkylation sites (tertiary alicyclic amines) is 1. The first-order chi connectivity index (χ1) is 25.2. The molecule has 0 atom stereocenters. The van der Waals surface area contributed by atoms with E-state index in [-0.39, 0.29) is 12.3 Å². The van der Waals surface area contributed by atoms with Gasteiger partial charge in [-0.3, -0.25) is 20.1 Å². The van der Waals surface area contributed by atoms with E-state index in [1.807, 2.05) is 30.0 Å². The van der Waals surface area contributed by atoms with Gasteiger partial charge in [0.25, 0.3) is 5.91 Å². The van der Waals surface area contributed by atoms with E-state index in [0.29, 0.717) is 18.0 Å². The number of carboxylic acid groups (broad SMARTS) is 1. The number of carbonyl (C=O) groups is 2. The maximum atomic E-state index is 13.9. The third-order valence-electron chi connectivity index (χ3n) is 9.76. The topological polar surface area (TPSA) is 131 Å². The number of carboxylic acids is 1. The van der Waals surface area contributed by atoms with E-state index < -0.39 is 11.6 Å². The van der Waals surface area contributed by atoms with Crippen molar-refractivity contribution >= 4 is 29.5 Å². The molecule has 53 heavy (non-hydrogen) atoms. The number of aliphatic carboxylic acids is 1. The van der Waals surface area contributed by atoms with Gasteiger partial charge in [-0.05, 0) is 135 Å². The van der Waals surface area contributed by atoms with E-state index in [2.05, 4.69) is 72.9 Å². The van der Waals surface area contributed by atoms with Crippen molar-refractivity contribution in [3.05, 3.63) is 106 Å². The van der Waals surface area contributed by atoms with E-state index >= 15 is 0 Å². The first-order valence-corrected chi connectivity index (χ1v) is 19.1. The highest BCUT2D eigenvalue weighted by molar-refractivity contribution is 7.99. The zero-order valence-corrected chi connectivity index (χ0v) is 33.0. The molecule has 2 aliphatic heterocycles. The summed E-state index contributed by atoms with van der Waals surface area (Å²) in [6, 6.07) is 22.8. The van der Waals surface area contributed by atoms with Gasteiger partial charge >= 0.3 is 5.97 Å². The molecule has 10 heteroatoms. The summed E-state index contributed by atoms with van der Waals surface area (Å²) in [5.74, 6) is 0.658. The zero-order valence-electron chi connectivity index (χ0n) is 32.2. The maximum absolute atomic E-state index is 13.9. The SMILES string of the molecule is CC(C)(C)O.COc1ccc(CC2CCN(C(=O)c3ccc4c(c3)-c3c(C)c(-c5ccc(C)cc5)c(CC(=O)O)c(C)c3N(SC)C4)CC2)cc1.OO. The summed E-state index contributed by atoms with van der Waals surface area (Å²) in [6.45, 7) is 13.6. The standard InChI is InChI=1S/C39H42N2O4S.C4H10O.H2O2/c1-24-6-10-29(11-7-24)36-26(3)37-34-21-30(12-13-31(34)23-41(46-5)38(37)25(2)33(36)22-35(42)43)39(44)40-18-16-28(17-19-40)20-27-8-14-32(45-4)15-9-27;1-4(2,3)5;1-2/h6-15,21,28H,16-20,22-23H2,1-5H3,(H,42,43);5H,1-3H3;1-2H. The molecule has 4 aromatic carbocycles. The van der Waals surface area contributed by atoms with Crippen molar-refractivity contribution in [2.24, 2.45) is 5.92 Å². The minimum atomic E-state index is -0.844. The average molecular weight is 743 g/mol. The van der Waals surface area contributed by atoms with Crippen molar-refractivity contribution in [1.29, 1.82) is 0 Å². The number of hydrogen-bond donors (Lipinski definition) is 4. The Morgan fingerprint density at radius 2 is 1.49 bits per heavy atom. The van der Waals surface area contributed by atoms with Gasteiger partial charge < -0.3 is 24.2 Å². The largest absolute Gasteiger partial charge is 0.497 e. The summed E-state index contributed by atoms with van der Waals surface area (Å²) in [7, 11) is 1.69. The van der Waals surface area contributed by atoms with Crippen LogP contribution in [0.3, 0.4) is 0 Å². The summed E-state index contributed by atoms with van der Waals surface area (Å²) < 4.78 is 7.56. The Kier molecular flexibility index (Phi) is 14.2. The fourth-order valence-electron chi connectivity index (χ4n) is 7.26. The molecule has 4 N–H and O–H groups in total.